The van der Waals surface area contributed by atoms with Crippen molar-refractivity contribution >= 4 is 44.7 Å². The van der Waals surface area contributed by atoms with Gasteiger partial charge in [0.15, 0.2) is 0 Å². The van der Waals surface area contributed by atoms with E-state index in [4.69, 9.17) is 4.42 Å². The molecular weight excluding hydrogens is 322 g/mol. The van der Waals surface area contributed by atoms with Crippen LogP contribution in [0, 0.1) is 0 Å². The Morgan fingerprint density at radius 1 is 1.10 bits per heavy atom. The largest absolute Gasteiger partial charge is 0.410 e. The number of thiazole rings is 1. The Balaban J connectivity index is 1.49. The maximum Gasteiger partial charge on any atom is 0.277 e. The van der Waals surface area contributed by atoms with E-state index in [1.807, 2.05) is 35.7 Å². The highest BCUT2D eigenvalue weighted by atomic mass is 32.2. The quantitative estimate of drug-likeness (QED) is 0.507. The third-order valence-corrected chi connectivity index (χ3v) is 5.70. The van der Waals surface area contributed by atoms with Crippen LogP contribution in [-0.4, -0.2) is 15.2 Å². The van der Waals surface area contributed by atoms with Crippen molar-refractivity contribution in [2.24, 2.45) is 0 Å². The molecule has 7 heteroatoms. The van der Waals surface area contributed by atoms with Gasteiger partial charge in [0.2, 0.25) is 0 Å². The summed E-state index contributed by atoms with van der Waals surface area (Å²) in [5.41, 5.74) is 1.04. The molecule has 0 unspecified atom stereocenters. The van der Waals surface area contributed by atoms with E-state index in [9.17, 15) is 0 Å². The summed E-state index contributed by atoms with van der Waals surface area (Å²) in [6.45, 7) is 0. The lowest BCUT2D eigenvalue weighted by Crippen LogP contribution is -1.78. The van der Waals surface area contributed by atoms with Crippen LogP contribution in [0.25, 0.3) is 21.0 Å². The maximum absolute atomic E-state index is 5.65. The predicted molar refractivity (Wildman–Crippen MR) is 86.8 cm³/mol. The molecule has 0 bridgehead atoms. The second kappa shape index (κ2) is 5.59. The summed E-state index contributed by atoms with van der Waals surface area (Å²) in [5.74, 6) is 1.32. The van der Waals surface area contributed by atoms with E-state index in [0.717, 1.165) is 21.2 Å². The number of aromatic nitrogens is 3. The molecule has 0 aliphatic carbocycles. The third-order valence-electron chi connectivity index (χ3n) is 2.80. The minimum atomic E-state index is 0.580. The first kappa shape index (κ1) is 13.0. The van der Waals surface area contributed by atoms with Gasteiger partial charge in [-0.3, -0.25) is 0 Å². The summed E-state index contributed by atoms with van der Waals surface area (Å²) >= 11 is 4.81. The Bertz CT molecular complexity index is 834. The van der Waals surface area contributed by atoms with Gasteiger partial charge in [-0.15, -0.1) is 32.9 Å². The van der Waals surface area contributed by atoms with Crippen LogP contribution >= 0.6 is 34.4 Å². The maximum atomic E-state index is 5.65. The molecule has 0 radical (unpaired) electrons. The molecule has 0 N–H and O–H groups in total. The first-order valence-electron chi connectivity index (χ1n) is 6.23. The molecule has 0 saturated carbocycles. The molecule has 0 atom stereocenters. The van der Waals surface area contributed by atoms with Crippen LogP contribution in [-0.2, 0) is 5.75 Å². The van der Waals surface area contributed by atoms with Crippen LogP contribution in [0.15, 0.2) is 51.4 Å². The molecule has 0 aliphatic heterocycles. The first-order valence-corrected chi connectivity index (χ1v) is 8.91. The molecule has 0 aliphatic rings. The van der Waals surface area contributed by atoms with Gasteiger partial charge in [0.25, 0.3) is 11.1 Å². The summed E-state index contributed by atoms with van der Waals surface area (Å²) < 4.78 is 6.86. The van der Waals surface area contributed by atoms with Gasteiger partial charge in [0.1, 0.15) is 5.01 Å². The number of benzene rings is 1. The zero-order valence-electron chi connectivity index (χ0n) is 10.7. The number of para-hydroxylation sites is 1. The molecule has 21 heavy (non-hydrogen) atoms. The summed E-state index contributed by atoms with van der Waals surface area (Å²) in [6.07, 6.45) is 0. The van der Waals surface area contributed by atoms with E-state index in [1.54, 1.807) is 22.7 Å². The Morgan fingerprint density at radius 3 is 2.90 bits per heavy atom. The zero-order chi connectivity index (χ0) is 14.1. The van der Waals surface area contributed by atoms with Crippen molar-refractivity contribution in [2.45, 2.75) is 11.0 Å². The molecule has 1 aromatic carbocycles. The Labute approximate surface area is 132 Å². The van der Waals surface area contributed by atoms with Crippen LogP contribution in [0.4, 0.5) is 0 Å². The molecule has 0 saturated heterocycles. The summed E-state index contributed by atoms with van der Waals surface area (Å²) in [5, 5.41) is 11.8. The Morgan fingerprint density at radius 2 is 2.05 bits per heavy atom. The normalized spacial score (nSPS) is 11.2. The van der Waals surface area contributed by atoms with Gasteiger partial charge in [0, 0.05) is 0 Å². The van der Waals surface area contributed by atoms with E-state index in [2.05, 4.69) is 21.2 Å². The van der Waals surface area contributed by atoms with Crippen molar-refractivity contribution in [3.05, 3.63) is 46.8 Å². The Kier molecular flexibility index (Phi) is 3.46. The van der Waals surface area contributed by atoms with Crippen LogP contribution in [0.5, 0.6) is 0 Å². The average Bonchev–Trinajstić information content (AvgIpc) is 3.23. The Hall–Kier alpha value is -1.70. The molecule has 0 spiro atoms. The van der Waals surface area contributed by atoms with Crippen LogP contribution < -0.4 is 0 Å². The summed E-state index contributed by atoms with van der Waals surface area (Å²) in [7, 11) is 0. The molecule has 4 nitrogen and oxygen atoms in total. The van der Waals surface area contributed by atoms with Gasteiger partial charge in [-0.05, 0) is 23.6 Å². The standard InChI is InChI=1S/C14H9N3OS3/c1-2-5-10-9(4-1)15-12(21-10)8-20-14-17-16-13(18-14)11-6-3-7-19-11/h1-7H,8H2. The van der Waals surface area contributed by atoms with Crippen molar-refractivity contribution < 1.29 is 4.42 Å². The van der Waals surface area contributed by atoms with Crippen LogP contribution in [0.3, 0.4) is 0 Å². The highest BCUT2D eigenvalue weighted by Gasteiger charge is 2.11. The number of hydrogen-bond acceptors (Lipinski definition) is 7. The molecule has 0 amide bonds. The fourth-order valence-electron chi connectivity index (χ4n) is 1.87. The number of thioether (sulfide) groups is 1. The number of nitrogens with zero attached hydrogens (tertiary/aromatic N) is 3. The van der Waals surface area contributed by atoms with Crippen molar-refractivity contribution in [3.63, 3.8) is 0 Å². The molecule has 104 valence electrons. The summed E-state index contributed by atoms with van der Waals surface area (Å²) in [4.78, 5) is 5.59. The van der Waals surface area contributed by atoms with Crippen molar-refractivity contribution in [3.8, 4) is 10.8 Å². The van der Waals surface area contributed by atoms with Crippen LogP contribution in [0.2, 0.25) is 0 Å². The number of rotatable bonds is 4. The minimum Gasteiger partial charge on any atom is -0.410 e. The van der Waals surface area contributed by atoms with Gasteiger partial charge in [-0.2, -0.15) is 0 Å². The van der Waals surface area contributed by atoms with Crippen molar-refractivity contribution in [1.29, 1.82) is 0 Å². The monoisotopic (exact) mass is 331 g/mol. The lowest BCUT2D eigenvalue weighted by Gasteiger charge is -1.91. The highest BCUT2D eigenvalue weighted by molar-refractivity contribution is 7.98. The number of thiophene rings is 1. The molecular formula is C14H9N3OS3. The van der Waals surface area contributed by atoms with Gasteiger partial charge >= 0.3 is 0 Å². The van der Waals surface area contributed by atoms with Crippen molar-refractivity contribution in [2.75, 3.05) is 0 Å². The van der Waals surface area contributed by atoms with Crippen molar-refractivity contribution in [1.82, 2.24) is 15.2 Å². The highest BCUT2D eigenvalue weighted by Crippen LogP contribution is 2.30. The third kappa shape index (κ3) is 2.72. The zero-order valence-corrected chi connectivity index (χ0v) is 13.2. The van der Waals surface area contributed by atoms with Crippen LogP contribution in [0.1, 0.15) is 5.01 Å². The molecule has 4 aromatic rings. The molecule has 3 aromatic heterocycles. The fraction of sp³-hybridized carbons (Fsp3) is 0.0714. The molecule has 4 rings (SSSR count). The second-order valence-electron chi connectivity index (χ2n) is 4.21. The van der Waals surface area contributed by atoms with E-state index >= 15 is 0 Å². The van der Waals surface area contributed by atoms with E-state index in [-0.39, 0.29) is 0 Å². The van der Waals surface area contributed by atoms with E-state index < -0.39 is 0 Å². The SMILES string of the molecule is c1csc(-c2nnc(SCc3nc4ccccc4s3)o2)c1. The van der Waals surface area contributed by atoms with E-state index in [0.29, 0.717) is 11.1 Å². The van der Waals surface area contributed by atoms with Gasteiger partial charge < -0.3 is 4.42 Å². The predicted octanol–water partition coefficient (Wildman–Crippen LogP) is 4.70. The van der Waals surface area contributed by atoms with Gasteiger partial charge in [-0.25, -0.2) is 4.98 Å². The fourth-order valence-corrected chi connectivity index (χ4v) is 4.24. The summed E-state index contributed by atoms with van der Waals surface area (Å²) in [6, 6.07) is 12.1. The molecule has 3 heterocycles. The lowest BCUT2D eigenvalue weighted by atomic mass is 10.3. The molecule has 0 fully saturated rings. The minimum absolute atomic E-state index is 0.580. The van der Waals surface area contributed by atoms with Gasteiger partial charge in [0.05, 0.1) is 20.8 Å². The van der Waals surface area contributed by atoms with E-state index in [1.165, 1.54) is 16.5 Å². The topological polar surface area (TPSA) is 51.8 Å². The number of fused-ring (bicyclic) bond motifs is 1. The lowest BCUT2D eigenvalue weighted by molar-refractivity contribution is 0.466. The average molecular weight is 331 g/mol. The number of hydrogen-bond donors (Lipinski definition) is 0. The second-order valence-corrected chi connectivity index (χ2v) is 7.20. The first-order chi connectivity index (χ1) is 10.4. The van der Waals surface area contributed by atoms with Gasteiger partial charge in [-0.1, -0.05) is 30.0 Å². The smallest absolute Gasteiger partial charge is 0.277 e.